The van der Waals surface area contributed by atoms with E-state index in [-0.39, 0.29) is 5.41 Å². The number of benzene rings is 2. The van der Waals surface area contributed by atoms with Gasteiger partial charge in [-0.15, -0.1) is 0 Å². The normalized spacial score (nSPS) is 26.9. The summed E-state index contributed by atoms with van der Waals surface area (Å²) < 4.78 is 0. The zero-order valence-corrected chi connectivity index (χ0v) is 18.3. The Balaban J connectivity index is 2.06. The van der Waals surface area contributed by atoms with E-state index in [1.54, 1.807) is 11.1 Å². The van der Waals surface area contributed by atoms with Gasteiger partial charge in [-0.05, 0) is 52.6 Å². The molecule has 4 rings (SSSR count). The molecule has 0 amide bonds. The van der Waals surface area contributed by atoms with E-state index >= 15 is 0 Å². The average molecular weight is 462 g/mol. The monoisotopic (exact) mass is 460 g/mol. The average Bonchev–Trinajstić information content (AvgIpc) is 3.00. The highest BCUT2D eigenvalue weighted by Gasteiger charge is 2.56. The lowest BCUT2D eigenvalue weighted by Crippen LogP contribution is -2.46. The number of alkyl halides is 2. The Hall–Kier alpha value is -0.600. The zero-order valence-electron chi connectivity index (χ0n) is 15.2. The molecule has 0 bridgehead atoms. The fourth-order valence-electron chi connectivity index (χ4n) is 5.72. The van der Waals surface area contributed by atoms with Crippen LogP contribution in [-0.2, 0) is 21.5 Å². The molecule has 0 heterocycles. The van der Waals surface area contributed by atoms with Gasteiger partial charge in [-0.2, -0.15) is 0 Å². The summed E-state index contributed by atoms with van der Waals surface area (Å²) in [5, 5.41) is 1.88. The van der Waals surface area contributed by atoms with Gasteiger partial charge in [0.1, 0.15) is 0 Å². The van der Waals surface area contributed by atoms with Crippen molar-refractivity contribution in [1.29, 1.82) is 0 Å². The van der Waals surface area contributed by atoms with Crippen molar-refractivity contribution in [1.82, 2.24) is 0 Å². The highest BCUT2D eigenvalue weighted by Crippen LogP contribution is 2.64. The number of rotatable bonds is 4. The van der Waals surface area contributed by atoms with Gasteiger partial charge in [0.05, 0.1) is 0 Å². The van der Waals surface area contributed by atoms with E-state index in [1.165, 1.54) is 54.4 Å². The molecule has 132 valence electrons. The van der Waals surface area contributed by atoms with Crippen molar-refractivity contribution in [3.63, 3.8) is 0 Å². The van der Waals surface area contributed by atoms with Crippen molar-refractivity contribution in [2.75, 3.05) is 0 Å². The second-order valence-electron chi connectivity index (χ2n) is 8.04. The SMILES string of the molecule is CCC[C@@]12CCC[C@]1(C)c1cc(CBr)ccc1-c1ccc(CBr)cc12. The van der Waals surface area contributed by atoms with Crippen molar-refractivity contribution in [2.24, 2.45) is 0 Å². The number of fused-ring (bicyclic) bond motifs is 6. The molecule has 0 aromatic heterocycles. The Labute approximate surface area is 168 Å². The third kappa shape index (κ3) is 2.43. The van der Waals surface area contributed by atoms with E-state index in [0.717, 1.165) is 10.7 Å². The Bertz CT molecular complexity index is 810. The molecule has 0 radical (unpaired) electrons. The topological polar surface area (TPSA) is 0 Å². The van der Waals surface area contributed by atoms with Crippen molar-refractivity contribution in [3.05, 3.63) is 58.7 Å². The first kappa shape index (κ1) is 17.8. The summed E-state index contributed by atoms with van der Waals surface area (Å²) in [7, 11) is 0. The molecule has 2 aromatic carbocycles. The van der Waals surface area contributed by atoms with Crippen LogP contribution in [-0.4, -0.2) is 0 Å². The van der Waals surface area contributed by atoms with Gasteiger partial charge in [-0.25, -0.2) is 0 Å². The number of hydrogen-bond acceptors (Lipinski definition) is 0. The molecular formula is C23H26Br2. The van der Waals surface area contributed by atoms with Gasteiger partial charge in [0.25, 0.3) is 0 Å². The van der Waals surface area contributed by atoms with Gasteiger partial charge in [0.2, 0.25) is 0 Å². The van der Waals surface area contributed by atoms with E-state index < -0.39 is 0 Å². The molecule has 0 spiro atoms. The molecule has 2 aromatic rings. The molecule has 25 heavy (non-hydrogen) atoms. The van der Waals surface area contributed by atoms with E-state index in [9.17, 15) is 0 Å². The van der Waals surface area contributed by atoms with Crippen LogP contribution in [0.2, 0.25) is 0 Å². The molecule has 2 heteroatoms. The minimum absolute atomic E-state index is 0.258. The summed E-state index contributed by atoms with van der Waals surface area (Å²) in [6, 6.07) is 14.3. The fourth-order valence-corrected chi connectivity index (χ4v) is 6.41. The van der Waals surface area contributed by atoms with Crippen LogP contribution in [0.5, 0.6) is 0 Å². The van der Waals surface area contributed by atoms with Gasteiger partial charge < -0.3 is 0 Å². The lowest BCUT2D eigenvalue weighted by atomic mass is 9.53. The summed E-state index contributed by atoms with van der Waals surface area (Å²) in [5.74, 6) is 0. The van der Waals surface area contributed by atoms with Gasteiger partial charge in [-0.3, -0.25) is 0 Å². The summed E-state index contributed by atoms with van der Waals surface area (Å²) in [5.41, 5.74) is 9.52. The molecular weight excluding hydrogens is 436 g/mol. The lowest BCUT2D eigenvalue weighted by molar-refractivity contribution is 0.251. The highest BCUT2D eigenvalue weighted by molar-refractivity contribution is 9.08. The van der Waals surface area contributed by atoms with Crippen molar-refractivity contribution >= 4 is 31.9 Å². The first-order valence-electron chi connectivity index (χ1n) is 9.49. The quantitative estimate of drug-likeness (QED) is 0.410. The van der Waals surface area contributed by atoms with Gasteiger partial charge >= 0.3 is 0 Å². The second kappa shape index (κ2) is 6.53. The van der Waals surface area contributed by atoms with Gasteiger partial charge in [0, 0.05) is 21.5 Å². The minimum atomic E-state index is 0.258. The number of halogens is 2. The maximum Gasteiger partial charge on any atom is 0.0283 e. The number of hydrogen-bond donors (Lipinski definition) is 0. The summed E-state index contributed by atoms with van der Waals surface area (Å²) in [6.45, 7) is 4.90. The van der Waals surface area contributed by atoms with Crippen LogP contribution in [0.25, 0.3) is 11.1 Å². The fraction of sp³-hybridized carbons (Fsp3) is 0.478. The van der Waals surface area contributed by atoms with Crippen LogP contribution in [0.4, 0.5) is 0 Å². The molecule has 2 atom stereocenters. The molecule has 1 fully saturated rings. The predicted octanol–water partition coefficient (Wildman–Crippen LogP) is 7.64. The molecule has 0 saturated heterocycles. The van der Waals surface area contributed by atoms with Crippen molar-refractivity contribution in [2.45, 2.75) is 67.4 Å². The smallest absolute Gasteiger partial charge is 0.0283 e. The van der Waals surface area contributed by atoms with E-state index in [4.69, 9.17) is 0 Å². The first-order chi connectivity index (χ1) is 12.1. The molecule has 0 nitrogen and oxygen atoms in total. The standard InChI is InChI=1S/C23H26Br2/c1-3-9-23-11-4-10-22(23,2)20-12-16(14-24)5-7-18(20)19-8-6-17(15-25)13-21(19)23/h5-8,12-13H,3-4,9-11,14-15H2,1-2H3/t22-,23+/m1/s1. The third-order valence-electron chi connectivity index (χ3n) is 6.89. The molecule has 0 aliphatic heterocycles. The Morgan fingerprint density at radius 1 is 0.880 bits per heavy atom. The summed E-state index contributed by atoms with van der Waals surface area (Å²) >= 11 is 7.34. The van der Waals surface area contributed by atoms with E-state index in [1.807, 2.05) is 0 Å². The maximum absolute atomic E-state index is 3.67. The molecule has 1 saturated carbocycles. The summed E-state index contributed by atoms with van der Waals surface area (Å²) in [6.07, 6.45) is 6.52. The zero-order chi connectivity index (χ0) is 17.7. The van der Waals surface area contributed by atoms with Gasteiger partial charge in [-0.1, -0.05) is 94.9 Å². The predicted molar refractivity (Wildman–Crippen MR) is 115 cm³/mol. The minimum Gasteiger partial charge on any atom is -0.0876 e. The molecule has 0 N–H and O–H groups in total. The molecule has 2 aliphatic rings. The van der Waals surface area contributed by atoms with Crippen molar-refractivity contribution in [3.8, 4) is 11.1 Å². The van der Waals surface area contributed by atoms with Crippen LogP contribution >= 0.6 is 31.9 Å². The van der Waals surface area contributed by atoms with E-state index in [0.29, 0.717) is 5.41 Å². The van der Waals surface area contributed by atoms with Crippen LogP contribution in [0.15, 0.2) is 36.4 Å². The van der Waals surface area contributed by atoms with Crippen LogP contribution in [0.1, 0.15) is 68.2 Å². The maximum atomic E-state index is 3.67. The summed E-state index contributed by atoms with van der Waals surface area (Å²) in [4.78, 5) is 0. The lowest BCUT2D eigenvalue weighted by Gasteiger charge is -2.50. The van der Waals surface area contributed by atoms with Gasteiger partial charge in [0.15, 0.2) is 0 Å². The Morgan fingerprint density at radius 3 is 2.08 bits per heavy atom. The Morgan fingerprint density at radius 2 is 1.48 bits per heavy atom. The largest absolute Gasteiger partial charge is 0.0876 e. The molecule has 2 aliphatic carbocycles. The first-order valence-corrected chi connectivity index (χ1v) is 11.7. The van der Waals surface area contributed by atoms with Crippen LogP contribution < -0.4 is 0 Å². The van der Waals surface area contributed by atoms with Crippen LogP contribution in [0, 0.1) is 0 Å². The molecule has 0 unspecified atom stereocenters. The third-order valence-corrected chi connectivity index (χ3v) is 8.19. The van der Waals surface area contributed by atoms with Crippen molar-refractivity contribution < 1.29 is 0 Å². The highest BCUT2D eigenvalue weighted by atomic mass is 79.9. The van der Waals surface area contributed by atoms with Crippen LogP contribution in [0.3, 0.4) is 0 Å². The Kier molecular flexibility index (Phi) is 4.65. The second-order valence-corrected chi connectivity index (χ2v) is 9.17. The van der Waals surface area contributed by atoms with E-state index in [2.05, 4.69) is 82.1 Å².